The first kappa shape index (κ1) is 19.8. The highest BCUT2D eigenvalue weighted by atomic mass is 35.5. The maximum atomic E-state index is 9.39. The molecule has 7 heteroatoms. The molecule has 3 N–H and O–H groups in total. The second-order valence-electron chi connectivity index (χ2n) is 4.29. The average molecular weight is 328 g/mol. The first-order valence-electron chi connectivity index (χ1n) is 6.58. The second kappa shape index (κ2) is 11.4. The van der Waals surface area contributed by atoms with Gasteiger partial charge in [0.15, 0.2) is 5.84 Å². The van der Waals surface area contributed by atoms with Crippen LogP contribution < -0.4 is 15.9 Å². The summed E-state index contributed by atoms with van der Waals surface area (Å²) in [4.78, 5) is 9.39. The first-order valence-corrected chi connectivity index (χ1v) is 6.96. The third-order valence-corrected chi connectivity index (χ3v) is 2.37. The van der Waals surface area contributed by atoms with E-state index in [0.717, 1.165) is 0 Å². The van der Waals surface area contributed by atoms with E-state index in [4.69, 9.17) is 22.1 Å². The van der Waals surface area contributed by atoms with E-state index in [1.807, 2.05) is 13.0 Å². The number of hydrogen-bond acceptors (Lipinski definition) is 5. The van der Waals surface area contributed by atoms with Gasteiger partial charge in [-0.15, -0.1) is 0 Å². The maximum Gasteiger partial charge on any atom is 0.293 e. The number of hydrazone groups is 1. The van der Waals surface area contributed by atoms with E-state index in [1.165, 1.54) is 0 Å². The molecule has 1 aromatic carbocycles. The Morgan fingerprint density at radius 2 is 2.09 bits per heavy atom. The Labute approximate surface area is 135 Å². The predicted octanol–water partition coefficient (Wildman–Crippen LogP) is 2.66. The summed E-state index contributed by atoms with van der Waals surface area (Å²) in [5, 5.41) is 4.50. The van der Waals surface area contributed by atoms with E-state index in [2.05, 4.69) is 15.3 Å². The van der Waals surface area contributed by atoms with Gasteiger partial charge in [-0.25, -0.2) is 0 Å². The summed E-state index contributed by atoms with van der Waals surface area (Å²) in [7, 11) is 1.57. The molecule has 0 aliphatic rings. The van der Waals surface area contributed by atoms with E-state index >= 15 is 0 Å². The lowest BCUT2D eigenvalue weighted by Gasteiger charge is -2.05. The Morgan fingerprint density at radius 1 is 1.41 bits per heavy atom. The summed E-state index contributed by atoms with van der Waals surface area (Å²) < 4.78 is 9.44. The number of rotatable bonds is 6. The predicted molar refractivity (Wildman–Crippen MR) is 89.0 cm³/mol. The molecule has 0 fully saturated rings. The highest BCUT2D eigenvalue weighted by Gasteiger charge is 2.03. The van der Waals surface area contributed by atoms with E-state index in [0.29, 0.717) is 28.6 Å². The molecule has 0 bridgehead atoms. The number of nitrogens with one attached hydrogen (secondary N) is 1. The largest absolute Gasteiger partial charge is 0.497 e. The molecule has 0 atom stereocenters. The van der Waals surface area contributed by atoms with Crippen LogP contribution in [0.15, 0.2) is 35.6 Å². The third-order valence-electron chi connectivity index (χ3n) is 2.16. The van der Waals surface area contributed by atoms with Crippen LogP contribution in [0.4, 0.5) is 0 Å². The molecular formula is C15H22ClN3O3. The van der Waals surface area contributed by atoms with Crippen molar-refractivity contribution in [2.24, 2.45) is 10.8 Å². The van der Waals surface area contributed by atoms with Crippen molar-refractivity contribution in [2.45, 2.75) is 26.9 Å². The van der Waals surface area contributed by atoms with E-state index < -0.39 is 0 Å². The molecule has 0 heterocycles. The van der Waals surface area contributed by atoms with Gasteiger partial charge >= 0.3 is 0 Å². The molecule has 0 aliphatic carbocycles. The number of benzene rings is 1. The molecule has 0 aliphatic heterocycles. The summed E-state index contributed by atoms with van der Waals surface area (Å²) in [6, 6.07) is 5.19. The van der Waals surface area contributed by atoms with Crippen LogP contribution in [-0.2, 0) is 9.53 Å². The number of ether oxygens (including phenoxy) is 2. The summed E-state index contributed by atoms with van der Waals surface area (Å²) in [5.41, 5.74) is 9.17. The first-order chi connectivity index (χ1) is 10.4. The second-order valence-corrected chi connectivity index (χ2v) is 4.72. The Balaban J connectivity index is 0.000000626. The Hall–Kier alpha value is -2.21. The lowest BCUT2D eigenvalue weighted by molar-refractivity contribution is -0.131. The van der Waals surface area contributed by atoms with Crippen LogP contribution in [0.3, 0.4) is 0 Å². The van der Waals surface area contributed by atoms with Gasteiger partial charge in [-0.1, -0.05) is 17.7 Å². The Kier molecular flexibility index (Phi) is 10.3. The number of nitrogens with zero attached hydrogens (tertiary/aromatic N) is 1. The van der Waals surface area contributed by atoms with Gasteiger partial charge in [0.25, 0.3) is 6.47 Å². The topological polar surface area (TPSA) is 85.9 Å². The van der Waals surface area contributed by atoms with Crippen LogP contribution >= 0.6 is 11.6 Å². The number of amidine groups is 1. The smallest absolute Gasteiger partial charge is 0.293 e. The Bertz CT molecular complexity index is 517. The van der Waals surface area contributed by atoms with Crippen molar-refractivity contribution in [3.05, 3.63) is 41.1 Å². The minimum Gasteiger partial charge on any atom is -0.497 e. The minimum atomic E-state index is 0.0301. The molecule has 0 amide bonds. The van der Waals surface area contributed by atoms with Gasteiger partial charge < -0.3 is 15.2 Å². The Morgan fingerprint density at radius 3 is 2.55 bits per heavy atom. The summed E-state index contributed by atoms with van der Waals surface area (Å²) >= 11 is 5.91. The fourth-order valence-corrected chi connectivity index (χ4v) is 1.41. The molecule has 0 aromatic heterocycles. The SMILES string of the molecule is C/C=C\N/N=C(\N)c1cc(Cl)cc(OC)c1.CC(C)OC=O. The van der Waals surface area contributed by atoms with Crippen LogP contribution in [-0.4, -0.2) is 25.5 Å². The molecule has 6 nitrogen and oxygen atoms in total. The maximum absolute atomic E-state index is 9.39. The molecule has 122 valence electrons. The number of allylic oxidation sites excluding steroid dienone is 1. The van der Waals surface area contributed by atoms with E-state index in [-0.39, 0.29) is 6.10 Å². The molecule has 1 rings (SSSR count). The van der Waals surface area contributed by atoms with Gasteiger partial charge in [0.1, 0.15) is 5.75 Å². The third kappa shape index (κ3) is 8.86. The lowest BCUT2D eigenvalue weighted by Crippen LogP contribution is -2.16. The van der Waals surface area contributed by atoms with Gasteiger partial charge in [-0.05, 0) is 39.0 Å². The van der Waals surface area contributed by atoms with E-state index in [9.17, 15) is 4.79 Å². The normalized spacial score (nSPS) is 10.9. The van der Waals surface area contributed by atoms with Crippen LogP contribution in [0.2, 0.25) is 5.02 Å². The highest BCUT2D eigenvalue weighted by molar-refractivity contribution is 6.31. The summed E-state index contributed by atoms with van der Waals surface area (Å²) in [6.45, 7) is 5.93. The van der Waals surface area contributed by atoms with Gasteiger partial charge in [0.05, 0.1) is 13.2 Å². The van der Waals surface area contributed by atoms with Gasteiger partial charge in [0.2, 0.25) is 0 Å². The zero-order valence-electron chi connectivity index (χ0n) is 13.2. The number of nitrogens with two attached hydrogens (primary N) is 1. The van der Waals surface area contributed by atoms with Crippen molar-refractivity contribution in [1.82, 2.24) is 5.43 Å². The molecule has 22 heavy (non-hydrogen) atoms. The molecule has 0 radical (unpaired) electrons. The quantitative estimate of drug-likeness (QED) is 0.363. The van der Waals surface area contributed by atoms with Gasteiger partial charge in [-0.2, -0.15) is 5.10 Å². The van der Waals surface area contributed by atoms with Crippen molar-refractivity contribution in [3.8, 4) is 5.75 Å². The minimum absolute atomic E-state index is 0.0301. The number of carbonyl (C=O) groups excluding carboxylic acids is 1. The zero-order chi connectivity index (χ0) is 17.0. The number of hydrogen-bond donors (Lipinski definition) is 2. The van der Waals surface area contributed by atoms with Crippen LogP contribution in [0.25, 0.3) is 0 Å². The van der Waals surface area contributed by atoms with Crippen LogP contribution in [0.1, 0.15) is 26.3 Å². The molecule has 0 unspecified atom stereocenters. The number of carbonyl (C=O) groups is 1. The zero-order valence-corrected chi connectivity index (χ0v) is 13.9. The molecule has 0 saturated heterocycles. The van der Waals surface area contributed by atoms with Crippen molar-refractivity contribution in [1.29, 1.82) is 0 Å². The molecule has 0 saturated carbocycles. The summed E-state index contributed by atoms with van der Waals surface area (Å²) in [5.74, 6) is 0.991. The summed E-state index contributed by atoms with van der Waals surface area (Å²) in [6.07, 6.45) is 3.52. The van der Waals surface area contributed by atoms with Gasteiger partial charge in [-0.3, -0.25) is 10.2 Å². The fourth-order valence-electron chi connectivity index (χ4n) is 1.19. The van der Waals surface area contributed by atoms with Crippen molar-refractivity contribution >= 4 is 23.9 Å². The fraction of sp³-hybridized carbons (Fsp3) is 0.333. The number of halogens is 1. The molecule has 1 aromatic rings. The average Bonchev–Trinajstić information content (AvgIpc) is 2.47. The standard InChI is InChI=1S/C11H14ClN3O.C4H8O2/c1-3-4-14-15-11(13)8-5-9(12)7-10(6-8)16-2;1-4(2)6-3-5/h3-7,14H,1-2H3,(H2,13,15);3-4H,1-2H3/b4-3-;. The van der Waals surface area contributed by atoms with Crippen molar-refractivity contribution in [2.75, 3.05) is 7.11 Å². The van der Waals surface area contributed by atoms with Crippen molar-refractivity contribution in [3.63, 3.8) is 0 Å². The number of methoxy groups -OCH3 is 1. The van der Waals surface area contributed by atoms with Crippen LogP contribution in [0.5, 0.6) is 5.75 Å². The highest BCUT2D eigenvalue weighted by Crippen LogP contribution is 2.20. The van der Waals surface area contributed by atoms with Crippen molar-refractivity contribution < 1.29 is 14.3 Å². The molecular weight excluding hydrogens is 306 g/mol. The van der Waals surface area contributed by atoms with Gasteiger partial charge in [0, 0.05) is 16.8 Å². The molecule has 0 spiro atoms. The van der Waals surface area contributed by atoms with Crippen LogP contribution in [0, 0.1) is 0 Å². The lowest BCUT2D eigenvalue weighted by atomic mass is 10.2. The monoisotopic (exact) mass is 327 g/mol. The van der Waals surface area contributed by atoms with E-state index in [1.54, 1.807) is 45.4 Å².